The number of rotatable bonds is 3. The molecule has 0 aliphatic carbocycles. The number of anilines is 1. The van der Waals surface area contributed by atoms with Gasteiger partial charge in [0.1, 0.15) is 0 Å². The molecular weight excluding hydrogens is 330 g/mol. The second-order valence-corrected chi connectivity index (χ2v) is 7.95. The molecule has 21 heavy (non-hydrogen) atoms. The zero-order chi connectivity index (χ0) is 15.0. The van der Waals surface area contributed by atoms with E-state index in [4.69, 9.17) is 11.6 Å². The fraction of sp³-hybridized carbons (Fsp3) is 0.231. The molecular formula is C13H14ClN3O2S2. The van der Waals surface area contributed by atoms with Crippen LogP contribution in [0.25, 0.3) is 5.57 Å². The Morgan fingerprint density at radius 1 is 1.38 bits per heavy atom. The molecule has 2 unspecified atom stereocenters. The molecule has 8 heteroatoms. The van der Waals surface area contributed by atoms with Crippen LogP contribution in [0.3, 0.4) is 0 Å². The summed E-state index contributed by atoms with van der Waals surface area (Å²) in [6, 6.07) is 7.37. The van der Waals surface area contributed by atoms with E-state index in [1.54, 1.807) is 17.8 Å². The molecule has 2 aliphatic rings. The maximum Gasteiger partial charge on any atom is 0.229 e. The van der Waals surface area contributed by atoms with E-state index < -0.39 is 10.0 Å². The number of hydrogen-bond acceptors (Lipinski definition) is 5. The van der Waals surface area contributed by atoms with Crippen LogP contribution in [0.1, 0.15) is 5.56 Å². The molecule has 0 fully saturated rings. The third-order valence-corrected chi connectivity index (χ3v) is 4.96. The van der Waals surface area contributed by atoms with Crippen LogP contribution in [-0.4, -0.2) is 26.3 Å². The third kappa shape index (κ3) is 3.37. The molecule has 0 aromatic heterocycles. The number of fused-ring (bicyclic) bond motifs is 1. The summed E-state index contributed by atoms with van der Waals surface area (Å²) >= 11 is 7.69. The molecule has 5 nitrogen and oxygen atoms in total. The number of thioether (sulfide) groups is 1. The SMILES string of the molecule is CS(=O)(=O)Nc1cccc(C2=CSC3=CNC(Cl)NC32)c1. The van der Waals surface area contributed by atoms with Gasteiger partial charge in [-0.2, -0.15) is 0 Å². The van der Waals surface area contributed by atoms with Gasteiger partial charge in [0.15, 0.2) is 5.62 Å². The van der Waals surface area contributed by atoms with Gasteiger partial charge in [-0.15, -0.1) is 0 Å². The average molecular weight is 344 g/mol. The van der Waals surface area contributed by atoms with Crippen molar-refractivity contribution >= 4 is 44.6 Å². The number of benzene rings is 1. The highest BCUT2D eigenvalue weighted by Crippen LogP contribution is 2.41. The third-order valence-electron chi connectivity index (χ3n) is 3.10. The van der Waals surface area contributed by atoms with Crippen LogP contribution in [-0.2, 0) is 10.0 Å². The Morgan fingerprint density at radius 2 is 2.19 bits per heavy atom. The molecule has 2 heterocycles. The van der Waals surface area contributed by atoms with Crippen molar-refractivity contribution in [2.75, 3.05) is 11.0 Å². The second-order valence-electron chi connectivity index (χ2n) is 4.82. The minimum atomic E-state index is -3.28. The lowest BCUT2D eigenvalue weighted by molar-refractivity contribution is 0.562. The summed E-state index contributed by atoms with van der Waals surface area (Å²) in [5.41, 5.74) is 2.27. The van der Waals surface area contributed by atoms with E-state index in [1.165, 1.54) is 0 Å². The molecule has 3 N–H and O–H groups in total. The summed E-state index contributed by atoms with van der Waals surface area (Å²) in [6.07, 6.45) is 3.04. The van der Waals surface area contributed by atoms with Crippen molar-refractivity contribution in [2.24, 2.45) is 0 Å². The minimum Gasteiger partial charge on any atom is -0.363 e. The van der Waals surface area contributed by atoms with Gasteiger partial charge in [-0.1, -0.05) is 35.5 Å². The van der Waals surface area contributed by atoms with Crippen molar-refractivity contribution in [2.45, 2.75) is 11.7 Å². The fourth-order valence-corrected chi connectivity index (χ4v) is 4.02. The van der Waals surface area contributed by atoms with Crippen LogP contribution in [0.4, 0.5) is 5.69 Å². The van der Waals surface area contributed by atoms with Gasteiger partial charge in [-0.25, -0.2) is 8.42 Å². The van der Waals surface area contributed by atoms with Crippen molar-refractivity contribution in [3.05, 3.63) is 46.3 Å². The highest BCUT2D eigenvalue weighted by molar-refractivity contribution is 8.06. The van der Waals surface area contributed by atoms with Gasteiger partial charge in [-0.3, -0.25) is 10.0 Å². The average Bonchev–Trinajstić information content (AvgIpc) is 2.80. The number of nitrogens with one attached hydrogen (secondary N) is 3. The molecule has 3 rings (SSSR count). The second kappa shape index (κ2) is 5.57. The van der Waals surface area contributed by atoms with Gasteiger partial charge in [0.2, 0.25) is 10.0 Å². The lowest BCUT2D eigenvalue weighted by Crippen LogP contribution is -2.46. The molecule has 0 radical (unpaired) electrons. The van der Waals surface area contributed by atoms with Crippen molar-refractivity contribution in [3.8, 4) is 0 Å². The van der Waals surface area contributed by atoms with Crippen molar-refractivity contribution < 1.29 is 8.42 Å². The van der Waals surface area contributed by atoms with Gasteiger partial charge >= 0.3 is 0 Å². The van der Waals surface area contributed by atoms with E-state index in [1.807, 2.05) is 24.4 Å². The van der Waals surface area contributed by atoms with Crippen molar-refractivity contribution in [1.29, 1.82) is 0 Å². The molecule has 1 aromatic rings. The van der Waals surface area contributed by atoms with Crippen LogP contribution in [0.2, 0.25) is 0 Å². The van der Waals surface area contributed by atoms with Gasteiger partial charge in [0, 0.05) is 16.8 Å². The quantitative estimate of drug-likeness (QED) is 0.579. The van der Waals surface area contributed by atoms with Crippen LogP contribution in [0, 0.1) is 0 Å². The first-order valence-corrected chi connectivity index (χ1v) is 9.44. The molecule has 1 aromatic carbocycles. The summed E-state index contributed by atoms with van der Waals surface area (Å²) in [4.78, 5) is 1.14. The maximum absolute atomic E-state index is 11.3. The summed E-state index contributed by atoms with van der Waals surface area (Å²) in [5, 5.41) is 8.32. The van der Waals surface area contributed by atoms with E-state index in [0.717, 1.165) is 22.3 Å². The Bertz CT molecular complexity index is 731. The molecule has 2 aliphatic heterocycles. The topological polar surface area (TPSA) is 70.2 Å². The Morgan fingerprint density at radius 3 is 2.95 bits per heavy atom. The van der Waals surface area contributed by atoms with E-state index in [9.17, 15) is 8.42 Å². The molecule has 0 bridgehead atoms. The van der Waals surface area contributed by atoms with Crippen LogP contribution in [0.15, 0.2) is 40.8 Å². The van der Waals surface area contributed by atoms with Crippen molar-refractivity contribution in [1.82, 2.24) is 10.6 Å². The molecule has 0 saturated heterocycles. The fourth-order valence-electron chi connectivity index (χ4n) is 2.27. The lowest BCUT2D eigenvalue weighted by atomic mass is 9.99. The maximum atomic E-state index is 11.3. The molecule has 0 spiro atoms. The predicted octanol–water partition coefficient (Wildman–Crippen LogP) is 2.07. The predicted molar refractivity (Wildman–Crippen MR) is 88.3 cm³/mol. The molecule has 112 valence electrons. The van der Waals surface area contributed by atoms with Gasteiger partial charge < -0.3 is 5.32 Å². The number of hydrogen-bond donors (Lipinski definition) is 3. The number of halogens is 1. The Hall–Kier alpha value is -1.15. The number of sulfonamides is 1. The summed E-state index contributed by atoms with van der Waals surface area (Å²) in [5.74, 6) is 0. The van der Waals surface area contributed by atoms with E-state index in [0.29, 0.717) is 5.69 Å². The summed E-state index contributed by atoms with van der Waals surface area (Å²) < 4.78 is 25.1. The van der Waals surface area contributed by atoms with Crippen LogP contribution in [0.5, 0.6) is 0 Å². The summed E-state index contributed by atoms with van der Waals surface area (Å²) in [7, 11) is -3.28. The van der Waals surface area contributed by atoms with Gasteiger partial charge in [0.05, 0.1) is 12.3 Å². The van der Waals surface area contributed by atoms with E-state index in [2.05, 4.69) is 20.8 Å². The minimum absolute atomic E-state index is 0.0345. The monoisotopic (exact) mass is 343 g/mol. The number of alkyl halides is 1. The Kier molecular flexibility index (Phi) is 3.92. The molecule has 0 amide bonds. The highest BCUT2D eigenvalue weighted by Gasteiger charge is 2.30. The first-order valence-electron chi connectivity index (χ1n) is 6.23. The standard InChI is InChI=1S/C13H14ClN3O2S2/c1-21(18,19)17-9-4-2-3-8(5-9)10-7-20-11-6-15-13(14)16-12(10)11/h2-7,12-13,15-17H,1H3. The van der Waals surface area contributed by atoms with Crippen LogP contribution < -0.4 is 15.4 Å². The van der Waals surface area contributed by atoms with E-state index >= 15 is 0 Å². The summed E-state index contributed by atoms with van der Waals surface area (Å²) in [6.45, 7) is 0. The molecule has 0 saturated carbocycles. The smallest absolute Gasteiger partial charge is 0.229 e. The lowest BCUT2D eigenvalue weighted by Gasteiger charge is -2.27. The largest absolute Gasteiger partial charge is 0.363 e. The zero-order valence-corrected chi connectivity index (χ0v) is 13.5. The van der Waals surface area contributed by atoms with Gasteiger partial charge in [0.25, 0.3) is 0 Å². The normalized spacial score (nSPS) is 24.7. The Balaban J connectivity index is 1.89. The van der Waals surface area contributed by atoms with Crippen LogP contribution >= 0.6 is 23.4 Å². The first-order chi connectivity index (χ1) is 9.92. The van der Waals surface area contributed by atoms with Crippen molar-refractivity contribution in [3.63, 3.8) is 0 Å². The Labute approximate surface area is 132 Å². The van der Waals surface area contributed by atoms with E-state index in [-0.39, 0.29) is 11.7 Å². The zero-order valence-electron chi connectivity index (χ0n) is 11.1. The first kappa shape index (κ1) is 14.8. The highest BCUT2D eigenvalue weighted by atomic mass is 35.5. The van der Waals surface area contributed by atoms with Gasteiger partial charge in [-0.05, 0) is 28.7 Å². The molecule has 2 atom stereocenters.